The molecule has 0 aromatic heterocycles. The van der Waals surface area contributed by atoms with Crippen LogP contribution in [0.25, 0.3) is 0 Å². The van der Waals surface area contributed by atoms with Crippen LogP contribution in [0.4, 0.5) is 13.2 Å². The maximum Gasteiger partial charge on any atom is 0.401 e. The summed E-state index contributed by atoms with van der Waals surface area (Å²) in [6, 6.07) is 0. The van der Waals surface area contributed by atoms with Gasteiger partial charge in [0, 0.05) is 6.42 Å². The second-order valence-corrected chi connectivity index (χ2v) is 3.22. The van der Waals surface area contributed by atoms with E-state index >= 15 is 0 Å². The molecule has 0 amide bonds. The summed E-state index contributed by atoms with van der Waals surface area (Å²) >= 11 is 0. The fraction of sp³-hybridized carbons (Fsp3) is 0.889. The van der Waals surface area contributed by atoms with E-state index in [0.717, 1.165) is 4.90 Å². The summed E-state index contributed by atoms with van der Waals surface area (Å²) < 4.78 is 36.1. The Morgan fingerprint density at radius 3 is 2.21 bits per heavy atom. The lowest BCUT2D eigenvalue weighted by Gasteiger charge is -2.21. The molecule has 0 unspecified atom stereocenters. The number of rotatable bonds is 6. The lowest BCUT2D eigenvalue weighted by Crippen LogP contribution is -2.38. The fourth-order valence-electron chi connectivity index (χ4n) is 1.14. The van der Waals surface area contributed by atoms with Gasteiger partial charge in [0.1, 0.15) is 5.78 Å². The SMILES string of the molecule is CCCN(CC(=O)CC)CC(F)(F)F. The van der Waals surface area contributed by atoms with Gasteiger partial charge in [-0.05, 0) is 13.0 Å². The lowest BCUT2D eigenvalue weighted by molar-refractivity contribution is -0.148. The Balaban J connectivity index is 4.08. The van der Waals surface area contributed by atoms with Crippen LogP contribution in [0.15, 0.2) is 0 Å². The predicted molar refractivity (Wildman–Crippen MR) is 48.1 cm³/mol. The molecule has 0 heterocycles. The van der Waals surface area contributed by atoms with Crippen LogP contribution in [0.2, 0.25) is 0 Å². The highest BCUT2D eigenvalue weighted by molar-refractivity contribution is 5.80. The van der Waals surface area contributed by atoms with Crippen molar-refractivity contribution in [3.8, 4) is 0 Å². The van der Waals surface area contributed by atoms with Gasteiger partial charge in [0.15, 0.2) is 0 Å². The van der Waals surface area contributed by atoms with E-state index in [1.54, 1.807) is 13.8 Å². The molecule has 0 saturated heterocycles. The average molecular weight is 211 g/mol. The fourth-order valence-corrected chi connectivity index (χ4v) is 1.14. The highest BCUT2D eigenvalue weighted by Crippen LogP contribution is 2.16. The molecule has 0 aliphatic carbocycles. The second-order valence-electron chi connectivity index (χ2n) is 3.22. The highest BCUT2D eigenvalue weighted by atomic mass is 19.4. The molecule has 0 N–H and O–H groups in total. The van der Waals surface area contributed by atoms with Gasteiger partial charge in [-0.3, -0.25) is 9.69 Å². The Kier molecular flexibility index (Phi) is 5.76. The molecule has 0 aromatic carbocycles. The van der Waals surface area contributed by atoms with Crippen LogP contribution < -0.4 is 0 Å². The summed E-state index contributed by atoms with van der Waals surface area (Å²) in [5.41, 5.74) is 0. The standard InChI is InChI=1S/C9H16F3NO/c1-3-5-13(6-8(14)4-2)7-9(10,11)12/h3-7H2,1-2H3. The van der Waals surface area contributed by atoms with E-state index in [9.17, 15) is 18.0 Å². The van der Waals surface area contributed by atoms with E-state index in [4.69, 9.17) is 0 Å². The molecule has 0 bridgehead atoms. The minimum absolute atomic E-state index is 0.0934. The smallest absolute Gasteiger partial charge is 0.298 e. The Morgan fingerprint density at radius 2 is 1.86 bits per heavy atom. The van der Waals surface area contributed by atoms with Crippen LogP contribution in [-0.2, 0) is 4.79 Å². The highest BCUT2D eigenvalue weighted by Gasteiger charge is 2.30. The topological polar surface area (TPSA) is 20.3 Å². The maximum atomic E-state index is 12.0. The first-order chi connectivity index (χ1) is 6.39. The maximum absolute atomic E-state index is 12.0. The van der Waals surface area contributed by atoms with Gasteiger partial charge in [-0.2, -0.15) is 13.2 Å². The van der Waals surface area contributed by atoms with Gasteiger partial charge in [0.05, 0.1) is 13.1 Å². The molecule has 14 heavy (non-hydrogen) atoms. The minimum Gasteiger partial charge on any atom is -0.298 e. The van der Waals surface area contributed by atoms with Crippen molar-refractivity contribution in [3.05, 3.63) is 0 Å². The zero-order chi connectivity index (χ0) is 11.2. The van der Waals surface area contributed by atoms with Crippen LogP contribution in [0.3, 0.4) is 0 Å². The molecule has 0 radical (unpaired) electrons. The van der Waals surface area contributed by atoms with Gasteiger partial charge in [-0.1, -0.05) is 13.8 Å². The molecule has 0 atom stereocenters. The molecule has 0 saturated carbocycles. The Labute approximate surface area is 82.1 Å². The zero-order valence-corrected chi connectivity index (χ0v) is 8.52. The normalized spacial score (nSPS) is 12.1. The molecule has 0 aromatic rings. The van der Waals surface area contributed by atoms with E-state index in [2.05, 4.69) is 0 Å². The van der Waals surface area contributed by atoms with Gasteiger partial charge < -0.3 is 0 Å². The number of hydrogen-bond acceptors (Lipinski definition) is 2. The molecule has 0 aliphatic rings. The third kappa shape index (κ3) is 6.88. The summed E-state index contributed by atoms with van der Waals surface area (Å²) in [7, 11) is 0. The molecule has 0 fully saturated rings. The first kappa shape index (κ1) is 13.4. The van der Waals surface area contributed by atoms with Crippen LogP contribution in [0.1, 0.15) is 26.7 Å². The summed E-state index contributed by atoms with van der Waals surface area (Å²) in [4.78, 5) is 12.1. The predicted octanol–water partition coefficient (Wildman–Crippen LogP) is 2.24. The van der Waals surface area contributed by atoms with E-state index < -0.39 is 12.7 Å². The van der Waals surface area contributed by atoms with Crippen molar-refractivity contribution in [1.82, 2.24) is 4.90 Å². The number of Topliss-reactive ketones (excluding diaryl/α,β-unsaturated/α-hetero) is 1. The number of nitrogens with zero attached hydrogens (tertiary/aromatic N) is 1. The Hall–Kier alpha value is -0.580. The third-order valence-electron chi connectivity index (χ3n) is 1.74. The quantitative estimate of drug-likeness (QED) is 0.671. The Morgan fingerprint density at radius 1 is 1.29 bits per heavy atom. The third-order valence-corrected chi connectivity index (χ3v) is 1.74. The summed E-state index contributed by atoms with van der Waals surface area (Å²) in [6.07, 6.45) is -3.31. The first-order valence-electron chi connectivity index (χ1n) is 4.69. The van der Waals surface area contributed by atoms with Gasteiger partial charge in [0.25, 0.3) is 0 Å². The van der Waals surface area contributed by atoms with Gasteiger partial charge in [-0.15, -0.1) is 0 Å². The van der Waals surface area contributed by atoms with Crippen molar-refractivity contribution in [3.63, 3.8) is 0 Å². The molecule has 0 aliphatic heterocycles. The van der Waals surface area contributed by atoms with Crippen molar-refractivity contribution in [1.29, 1.82) is 0 Å². The number of hydrogen-bond donors (Lipinski definition) is 0. The van der Waals surface area contributed by atoms with E-state index in [1.165, 1.54) is 0 Å². The molecule has 0 spiro atoms. The number of halogens is 3. The average Bonchev–Trinajstić information content (AvgIpc) is 2.01. The summed E-state index contributed by atoms with van der Waals surface area (Å²) in [6.45, 7) is 2.67. The molecule has 0 rings (SSSR count). The van der Waals surface area contributed by atoms with E-state index in [-0.39, 0.29) is 18.7 Å². The number of carbonyl (C=O) groups is 1. The van der Waals surface area contributed by atoms with Gasteiger partial charge in [-0.25, -0.2) is 0 Å². The molecule has 2 nitrogen and oxygen atoms in total. The second kappa shape index (κ2) is 6.01. The molecule has 5 heteroatoms. The van der Waals surface area contributed by atoms with E-state index in [0.29, 0.717) is 13.0 Å². The van der Waals surface area contributed by atoms with Crippen molar-refractivity contribution in [2.45, 2.75) is 32.9 Å². The van der Waals surface area contributed by atoms with Crippen molar-refractivity contribution < 1.29 is 18.0 Å². The summed E-state index contributed by atoms with van der Waals surface area (Å²) in [5.74, 6) is -0.150. The minimum atomic E-state index is -4.22. The van der Waals surface area contributed by atoms with Crippen LogP contribution >= 0.6 is 0 Å². The largest absolute Gasteiger partial charge is 0.401 e. The summed E-state index contributed by atoms with van der Waals surface area (Å²) in [5, 5.41) is 0. The Bertz CT molecular complexity index is 179. The van der Waals surface area contributed by atoms with E-state index in [1.807, 2.05) is 0 Å². The number of alkyl halides is 3. The van der Waals surface area contributed by atoms with Gasteiger partial charge >= 0.3 is 6.18 Å². The first-order valence-corrected chi connectivity index (χ1v) is 4.69. The number of ketones is 1. The van der Waals surface area contributed by atoms with Crippen LogP contribution in [0.5, 0.6) is 0 Å². The number of carbonyl (C=O) groups excluding carboxylic acids is 1. The van der Waals surface area contributed by atoms with Crippen molar-refractivity contribution in [2.24, 2.45) is 0 Å². The van der Waals surface area contributed by atoms with Gasteiger partial charge in [0.2, 0.25) is 0 Å². The van der Waals surface area contributed by atoms with Crippen LogP contribution in [-0.4, -0.2) is 36.5 Å². The monoisotopic (exact) mass is 211 g/mol. The van der Waals surface area contributed by atoms with Crippen molar-refractivity contribution in [2.75, 3.05) is 19.6 Å². The molecular weight excluding hydrogens is 195 g/mol. The van der Waals surface area contributed by atoms with Crippen molar-refractivity contribution >= 4 is 5.78 Å². The zero-order valence-electron chi connectivity index (χ0n) is 8.52. The van der Waals surface area contributed by atoms with Crippen LogP contribution in [0, 0.1) is 0 Å². The molecule has 84 valence electrons. The lowest BCUT2D eigenvalue weighted by atomic mass is 10.2. The molecular formula is C9H16F3NO.